The second-order valence-electron chi connectivity index (χ2n) is 23.1. The molecule has 0 fully saturated rings. The number of methoxy groups -OCH3 is 4. The zero-order valence-electron chi connectivity index (χ0n) is 46.1. The Hall–Kier alpha value is -6.48. The van der Waals surface area contributed by atoms with Gasteiger partial charge in [-0.1, -0.05) is 95.2 Å². The van der Waals surface area contributed by atoms with Crippen LogP contribution in [-0.4, -0.2) is 41.7 Å². The van der Waals surface area contributed by atoms with Crippen molar-refractivity contribution in [3.05, 3.63) is 106 Å². The summed E-state index contributed by atoms with van der Waals surface area (Å²) in [5.41, 5.74) is 7.43. The minimum absolute atomic E-state index is 0.277. The normalized spacial score (nSPS) is 13.1. The summed E-state index contributed by atoms with van der Waals surface area (Å²) in [6.07, 6.45) is 0. The van der Waals surface area contributed by atoms with Crippen LogP contribution in [0, 0.1) is 13.8 Å². The Morgan fingerprint density at radius 1 is 0.378 bits per heavy atom. The van der Waals surface area contributed by atoms with Crippen molar-refractivity contribution >= 4 is 60.4 Å². The van der Waals surface area contributed by atoms with E-state index in [0.717, 1.165) is 54.9 Å². The molecule has 0 bridgehead atoms. The van der Waals surface area contributed by atoms with Crippen molar-refractivity contribution in [2.75, 3.05) is 41.7 Å². The van der Waals surface area contributed by atoms with Crippen molar-refractivity contribution in [1.29, 1.82) is 0 Å². The van der Waals surface area contributed by atoms with Gasteiger partial charge in [-0.2, -0.15) is 0 Å². The van der Waals surface area contributed by atoms with Gasteiger partial charge in [0.1, 0.15) is 70.0 Å². The molecule has 9 rings (SSSR count). The molecule has 0 spiro atoms. The summed E-state index contributed by atoms with van der Waals surface area (Å²) in [4.78, 5) is 0. The summed E-state index contributed by atoms with van der Waals surface area (Å²) in [6.45, 7) is 30.4. The van der Waals surface area contributed by atoms with Crippen molar-refractivity contribution < 1.29 is 54.3 Å². The molecule has 0 atom stereocenters. The van der Waals surface area contributed by atoms with Gasteiger partial charge < -0.3 is 54.3 Å². The fourth-order valence-electron chi connectivity index (χ4n) is 9.45. The lowest BCUT2D eigenvalue weighted by atomic mass is 9.84. The number of rotatable bonds is 8. The Kier molecular flexibility index (Phi) is 13.7. The molecule has 392 valence electrons. The van der Waals surface area contributed by atoms with Crippen LogP contribution >= 0.6 is 16.5 Å². The molecule has 2 aromatic heterocycles. The van der Waals surface area contributed by atoms with E-state index in [9.17, 15) is 0 Å². The molecule has 1 aliphatic rings. The molecule has 0 saturated carbocycles. The summed E-state index contributed by atoms with van der Waals surface area (Å²) in [7, 11) is 2.19. The molecule has 3 heterocycles. The van der Waals surface area contributed by atoms with Gasteiger partial charge in [0.15, 0.2) is 11.5 Å². The summed E-state index contributed by atoms with van der Waals surface area (Å²) in [6, 6.07) is 24.0. The maximum atomic E-state index is 7.31. The van der Waals surface area contributed by atoms with E-state index in [-0.39, 0.29) is 34.9 Å². The highest BCUT2D eigenvalue weighted by atomic mass is 31.1. The van der Waals surface area contributed by atoms with Gasteiger partial charge in [0.05, 0.1) is 39.6 Å². The van der Waals surface area contributed by atoms with Crippen LogP contribution in [0.1, 0.15) is 116 Å². The molecule has 0 aliphatic carbocycles. The molecule has 0 unspecified atom stereocenters. The van der Waals surface area contributed by atoms with Gasteiger partial charge in [-0.3, -0.25) is 0 Å². The molecular formula is C60H70O12P2. The number of hydrogen-bond donors (Lipinski definition) is 0. The largest absolute Gasteiger partial charge is 0.497 e. The average molecular weight is 1050 g/mol. The molecule has 8 aromatic rings. The first-order chi connectivity index (χ1) is 34.8. The van der Waals surface area contributed by atoms with Crippen molar-refractivity contribution in [2.45, 2.75) is 119 Å². The monoisotopic (exact) mass is 1040 g/mol. The maximum absolute atomic E-state index is 7.31. The standard InChI is InChI=1S/C60H70O12P2/c1-33-19-21-47-49(51(33)67-73-69-53-39(25-35(61-15)29-43(53)57(3,4)5)40-26-36(62-16)30-44(54(40)70-73)58(6,7)8)50-48(66-24-23-65-47)22-20-34(2)52(50)68-74-71-55-41(27-37(63-17)31-45(55)59(9,10)11)42-28-38(64-18)32-46(56(42)72-74)60(12,13)14/h19-22,25-32H,23-24H2,1-18H3. The van der Waals surface area contributed by atoms with E-state index in [2.05, 4.69) is 83.1 Å². The highest BCUT2D eigenvalue weighted by molar-refractivity contribution is 7.32. The smallest absolute Gasteiger partial charge is 0.453 e. The van der Waals surface area contributed by atoms with E-state index < -0.39 is 16.5 Å². The van der Waals surface area contributed by atoms with Crippen molar-refractivity contribution in [2.24, 2.45) is 0 Å². The van der Waals surface area contributed by atoms with Gasteiger partial charge in [-0.15, -0.1) is 0 Å². The van der Waals surface area contributed by atoms with Gasteiger partial charge >= 0.3 is 16.5 Å². The summed E-state index contributed by atoms with van der Waals surface area (Å²) < 4.78 is 80.2. The second-order valence-corrected chi connectivity index (χ2v) is 25.1. The van der Waals surface area contributed by atoms with Crippen LogP contribution in [0.2, 0.25) is 0 Å². The summed E-state index contributed by atoms with van der Waals surface area (Å²) in [5.74, 6) is 4.80. The molecule has 6 aromatic carbocycles. The molecule has 14 heteroatoms. The Morgan fingerprint density at radius 2 is 0.635 bits per heavy atom. The van der Waals surface area contributed by atoms with Gasteiger partial charge in [0, 0.05) is 43.8 Å². The van der Waals surface area contributed by atoms with E-state index in [1.165, 1.54) is 0 Å². The Labute approximate surface area is 436 Å². The second kappa shape index (κ2) is 19.3. The third-order valence-corrected chi connectivity index (χ3v) is 15.5. The fourth-order valence-corrected chi connectivity index (χ4v) is 11.8. The minimum Gasteiger partial charge on any atom is -0.497 e. The lowest BCUT2D eigenvalue weighted by Gasteiger charge is -2.24. The number of hydrogen-bond acceptors (Lipinski definition) is 12. The van der Waals surface area contributed by atoms with Crippen LogP contribution in [0.25, 0.3) is 55.0 Å². The van der Waals surface area contributed by atoms with Crippen LogP contribution in [0.15, 0.2) is 89.6 Å². The molecule has 74 heavy (non-hydrogen) atoms. The van der Waals surface area contributed by atoms with Gasteiger partial charge in [0.2, 0.25) is 0 Å². The van der Waals surface area contributed by atoms with E-state index in [1.807, 2.05) is 86.6 Å². The van der Waals surface area contributed by atoms with Crippen molar-refractivity contribution in [3.63, 3.8) is 0 Å². The highest BCUT2D eigenvalue weighted by Gasteiger charge is 2.33. The first kappa shape index (κ1) is 52.4. The lowest BCUT2D eigenvalue weighted by molar-refractivity contribution is 0.213. The van der Waals surface area contributed by atoms with E-state index in [4.69, 9.17) is 54.3 Å². The number of ether oxygens (including phenoxy) is 6. The Bertz CT molecular complexity index is 3170. The molecule has 1 aliphatic heterocycles. The molecule has 0 N–H and O–H groups in total. The molecular weight excluding hydrogens is 975 g/mol. The third-order valence-electron chi connectivity index (χ3n) is 13.5. The molecule has 12 nitrogen and oxygen atoms in total. The average Bonchev–Trinajstić information content (AvgIpc) is 3.58. The molecule has 0 radical (unpaired) electrons. The van der Waals surface area contributed by atoms with E-state index in [0.29, 0.717) is 79.5 Å². The first-order valence-electron chi connectivity index (χ1n) is 24.9. The summed E-state index contributed by atoms with van der Waals surface area (Å²) >= 11 is 0. The molecule has 0 saturated heterocycles. The number of fused-ring (bicyclic) bond motifs is 9. The molecule has 0 amide bonds. The fraction of sp³-hybridized carbons (Fsp3) is 0.400. The van der Waals surface area contributed by atoms with Crippen LogP contribution in [0.3, 0.4) is 0 Å². The van der Waals surface area contributed by atoms with Crippen LogP contribution in [0.5, 0.6) is 46.0 Å². The minimum atomic E-state index is -2.26. The first-order valence-corrected chi connectivity index (χ1v) is 27.1. The van der Waals surface area contributed by atoms with Gasteiger partial charge in [-0.25, -0.2) is 0 Å². The lowest BCUT2D eigenvalue weighted by Crippen LogP contribution is -2.13. The van der Waals surface area contributed by atoms with Crippen molar-refractivity contribution in [3.8, 4) is 57.1 Å². The predicted molar refractivity (Wildman–Crippen MR) is 298 cm³/mol. The zero-order valence-corrected chi connectivity index (χ0v) is 47.9. The quantitative estimate of drug-likeness (QED) is 0.144. The summed E-state index contributed by atoms with van der Waals surface area (Å²) in [5, 5.41) is 3.19. The third kappa shape index (κ3) is 9.84. The van der Waals surface area contributed by atoms with Crippen LogP contribution < -0.4 is 37.5 Å². The Balaban J connectivity index is 1.36. The number of benzene rings is 6. The van der Waals surface area contributed by atoms with Crippen molar-refractivity contribution in [1.82, 2.24) is 0 Å². The van der Waals surface area contributed by atoms with Gasteiger partial charge in [-0.05, 0) is 107 Å². The number of aryl methyl sites for hydroxylation is 2. The van der Waals surface area contributed by atoms with E-state index >= 15 is 0 Å². The predicted octanol–water partition coefficient (Wildman–Crippen LogP) is 17.9. The zero-order chi connectivity index (χ0) is 53.4. The van der Waals surface area contributed by atoms with Gasteiger partial charge in [0.25, 0.3) is 0 Å². The highest BCUT2D eigenvalue weighted by Crippen LogP contribution is 2.56. The van der Waals surface area contributed by atoms with E-state index in [1.54, 1.807) is 28.4 Å². The SMILES string of the molecule is COc1cc(C(C)(C)C)c2op(Oc3c(C)ccc4c3-c3c(ccc(C)c3Op3oc5c(C(C)(C)C)cc(OC)cc5c5cc(OC)cc(C(C)(C)C)c5o3)OCCO4)oc3c(C(C)(C)C)cc(OC)cc3c2c1. The maximum Gasteiger partial charge on any atom is 0.453 e. The van der Waals surface area contributed by atoms with Crippen LogP contribution in [-0.2, 0) is 21.7 Å². The topological polar surface area (TPSA) is 126 Å². The van der Waals surface area contributed by atoms with Crippen LogP contribution in [0.4, 0.5) is 0 Å². The Morgan fingerprint density at radius 3 is 0.865 bits per heavy atom.